The van der Waals surface area contributed by atoms with Gasteiger partial charge < -0.3 is 24.1 Å². The summed E-state index contributed by atoms with van der Waals surface area (Å²) in [5.74, 6) is 2.00. The van der Waals surface area contributed by atoms with Gasteiger partial charge in [0.25, 0.3) is 11.8 Å². The molecule has 1 N–H and O–H groups in total. The van der Waals surface area contributed by atoms with Crippen molar-refractivity contribution in [3.05, 3.63) is 81.8 Å². The van der Waals surface area contributed by atoms with Crippen LogP contribution in [0.5, 0.6) is 17.2 Å². The average molecular weight is 607 g/mol. The van der Waals surface area contributed by atoms with Gasteiger partial charge in [-0.2, -0.15) is 5.10 Å². The lowest BCUT2D eigenvalue weighted by Gasteiger charge is -2.22. The Balaban J connectivity index is 1.23. The maximum absolute atomic E-state index is 13.5. The Kier molecular flexibility index (Phi) is 9.08. The van der Waals surface area contributed by atoms with Crippen molar-refractivity contribution < 1.29 is 23.8 Å². The normalized spacial score (nSPS) is 14.4. The summed E-state index contributed by atoms with van der Waals surface area (Å²) in [7, 11) is 6.48. The molecule has 0 fully saturated rings. The monoisotopic (exact) mass is 606 g/mol. The van der Waals surface area contributed by atoms with Gasteiger partial charge in [0.2, 0.25) is 0 Å². The lowest BCUT2D eigenvalue weighted by Crippen LogP contribution is -2.28. The Morgan fingerprint density at radius 3 is 2.50 bits per heavy atom. The van der Waals surface area contributed by atoms with Crippen LogP contribution in [0.1, 0.15) is 39.1 Å². The number of hydrogen-bond donors (Lipinski definition) is 1. The number of aromatic nitrogens is 3. The molecule has 11 nitrogen and oxygen atoms in total. The van der Waals surface area contributed by atoms with E-state index in [1.54, 1.807) is 53.3 Å². The highest BCUT2D eigenvalue weighted by Gasteiger charge is 2.33. The van der Waals surface area contributed by atoms with E-state index in [-0.39, 0.29) is 30.2 Å². The topological polar surface area (TPSA) is 120 Å². The summed E-state index contributed by atoms with van der Waals surface area (Å²) in [6.45, 7) is 0.158. The molecule has 0 saturated heterocycles. The Hall–Kier alpha value is -4.36. The number of ether oxygens (including phenoxy) is 3. The number of benzene rings is 2. The molecule has 2 aromatic carbocycles. The van der Waals surface area contributed by atoms with Crippen molar-refractivity contribution >= 4 is 40.6 Å². The summed E-state index contributed by atoms with van der Waals surface area (Å²) in [5.41, 5.74) is 2.29. The van der Waals surface area contributed by atoms with Crippen LogP contribution in [-0.2, 0) is 18.4 Å². The second-order valence-electron chi connectivity index (χ2n) is 9.25. The van der Waals surface area contributed by atoms with Gasteiger partial charge in [-0.05, 0) is 47.3 Å². The maximum Gasteiger partial charge on any atom is 0.253 e. The van der Waals surface area contributed by atoms with E-state index in [4.69, 9.17) is 19.3 Å². The standard InChI is InChI=1S/C29H30N6O5S2/c1-34-26(16-30-28(37)19-9-12-23(39-3)24(14-19)40-4)31-32-29(34)42-17-27(36)35-22(18-7-10-20(38-2)11-8-18)15-21(33-35)25-6-5-13-41-25/h5-14,22H,15-17H2,1-4H3,(H,30,37). The molecule has 0 saturated carbocycles. The van der Waals surface area contributed by atoms with Crippen LogP contribution in [0.3, 0.4) is 0 Å². The van der Waals surface area contributed by atoms with Crippen LogP contribution in [0, 0.1) is 0 Å². The minimum Gasteiger partial charge on any atom is -0.497 e. The predicted octanol–water partition coefficient (Wildman–Crippen LogP) is 4.30. The van der Waals surface area contributed by atoms with Gasteiger partial charge in [0.1, 0.15) is 5.75 Å². The number of hydrazone groups is 1. The summed E-state index contributed by atoms with van der Waals surface area (Å²) in [5, 5.41) is 20.2. The van der Waals surface area contributed by atoms with Gasteiger partial charge in [0.15, 0.2) is 22.5 Å². The minimum atomic E-state index is -0.290. The largest absolute Gasteiger partial charge is 0.497 e. The zero-order chi connectivity index (χ0) is 29.6. The average Bonchev–Trinajstić information content (AvgIpc) is 3.79. The molecule has 1 aliphatic rings. The van der Waals surface area contributed by atoms with E-state index in [9.17, 15) is 9.59 Å². The molecule has 13 heteroatoms. The van der Waals surface area contributed by atoms with Crippen LogP contribution < -0.4 is 19.5 Å². The Bertz CT molecular complexity index is 1590. The van der Waals surface area contributed by atoms with Crippen LogP contribution in [0.25, 0.3) is 0 Å². The Morgan fingerprint density at radius 1 is 1.02 bits per heavy atom. The third-order valence-corrected chi connectivity index (χ3v) is 8.70. The number of thiophene rings is 1. The van der Waals surface area contributed by atoms with Crippen LogP contribution >= 0.6 is 23.1 Å². The van der Waals surface area contributed by atoms with E-state index >= 15 is 0 Å². The maximum atomic E-state index is 13.5. The number of carbonyl (C=O) groups excluding carboxylic acids is 2. The number of thioether (sulfide) groups is 1. The third kappa shape index (κ3) is 6.26. The molecule has 5 rings (SSSR count). The van der Waals surface area contributed by atoms with Gasteiger partial charge in [-0.15, -0.1) is 21.5 Å². The number of carbonyl (C=O) groups is 2. The highest BCUT2D eigenvalue weighted by atomic mass is 32.2. The number of methoxy groups -OCH3 is 3. The quantitative estimate of drug-likeness (QED) is 0.251. The van der Waals surface area contributed by atoms with Gasteiger partial charge in [0, 0.05) is 19.0 Å². The SMILES string of the molecule is COc1ccc(C2CC(c3cccs3)=NN2C(=O)CSc2nnc(CNC(=O)c3ccc(OC)c(OC)c3)n2C)cc1. The zero-order valence-electron chi connectivity index (χ0n) is 23.6. The molecular formula is C29H30N6O5S2. The first kappa shape index (κ1) is 29.1. The molecule has 0 aliphatic carbocycles. The van der Waals surface area contributed by atoms with E-state index in [0.29, 0.717) is 34.5 Å². The molecule has 1 unspecified atom stereocenters. The van der Waals surface area contributed by atoms with Gasteiger partial charge in [0.05, 0.1) is 50.3 Å². The van der Waals surface area contributed by atoms with Gasteiger partial charge in [-0.3, -0.25) is 9.59 Å². The fraction of sp³-hybridized carbons (Fsp3) is 0.276. The van der Waals surface area contributed by atoms with Crippen molar-refractivity contribution in [3.63, 3.8) is 0 Å². The van der Waals surface area contributed by atoms with Gasteiger partial charge >= 0.3 is 0 Å². The van der Waals surface area contributed by atoms with E-state index in [1.807, 2.05) is 41.8 Å². The summed E-state index contributed by atoms with van der Waals surface area (Å²) in [6.07, 6.45) is 0.622. The summed E-state index contributed by atoms with van der Waals surface area (Å²) >= 11 is 2.88. The molecule has 4 aromatic rings. The van der Waals surface area contributed by atoms with Crippen LogP contribution in [0.2, 0.25) is 0 Å². The molecule has 42 heavy (non-hydrogen) atoms. The fourth-order valence-electron chi connectivity index (χ4n) is 4.47. The minimum absolute atomic E-state index is 0.123. The first-order valence-electron chi connectivity index (χ1n) is 13.0. The van der Waals surface area contributed by atoms with Crippen molar-refractivity contribution in [3.8, 4) is 17.2 Å². The molecule has 1 atom stereocenters. The Labute approximate surface area is 251 Å². The van der Waals surface area contributed by atoms with Crippen molar-refractivity contribution in [2.75, 3.05) is 27.1 Å². The van der Waals surface area contributed by atoms with Crippen LogP contribution in [0.4, 0.5) is 0 Å². The number of hydrogen-bond acceptors (Lipinski definition) is 10. The van der Waals surface area contributed by atoms with E-state index in [2.05, 4.69) is 15.5 Å². The fourth-order valence-corrected chi connectivity index (χ4v) is 5.98. The van der Waals surface area contributed by atoms with E-state index in [1.165, 1.54) is 26.0 Å². The third-order valence-electron chi connectivity index (χ3n) is 6.77. The van der Waals surface area contributed by atoms with E-state index < -0.39 is 0 Å². The smallest absolute Gasteiger partial charge is 0.253 e. The highest BCUT2D eigenvalue weighted by molar-refractivity contribution is 7.99. The summed E-state index contributed by atoms with van der Waals surface area (Å²) < 4.78 is 17.6. The molecule has 2 aromatic heterocycles. The first-order valence-corrected chi connectivity index (χ1v) is 14.9. The number of nitrogens with one attached hydrogen (secondary N) is 1. The number of amides is 2. The molecule has 0 spiro atoms. The van der Waals surface area contributed by atoms with Crippen molar-refractivity contribution in [1.29, 1.82) is 0 Å². The zero-order valence-corrected chi connectivity index (χ0v) is 25.2. The highest BCUT2D eigenvalue weighted by Crippen LogP contribution is 2.35. The van der Waals surface area contributed by atoms with Crippen molar-refractivity contribution in [2.45, 2.75) is 24.2 Å². The van der Waals surface area contributed by atoms with Crippen molar-refractivity contribution in [1.82, 2.24) is 25.1 Å². The summed E-state index contributed by atoms with van der Waals surface area (Å²) in [6, 6.07) is 16.4. The van der Waals surface area contributed by atoms with Crippen molar-refractivity contribution in [2.24, 2.45) is 12.1 Å². The first-order chi connectivity index (χ1) is 20.4. The lowest BCUT2D eigenvalue weighted by molar-refractivity contribution is -0.130. The number of nitrogens with zero attached hydrogens (tertiary/aromatic N) is 5. The molecule has 2 amide bonds. The molecule has 1 aliphatic heterocycles. The second kappa shape index (κ2) is 13.1. The van der Waals surface area contributed by atoms with Crippen LogP contribution in [0.15, 0.2) is 70.2 Å². The molecule has 0 bridgehead atoms. The number of rotatable bonds is 11. The molecular weight excluding hydrogens is 576 g/mol. The predicted molar refractivity (Wildman–Crippen MR) is 160 cm³/mol. The van der Waals surface area contributed by atoms with Gasteiger partial charge in [-0.25, -0.2) is 5.01 Å². The molecule has 3 heterocycles. The summed E-state index contributed by atoms with van der Waals surface area (Å²) in [4.78, 5) is 27.2. The van der Waals surface area contributed by atoms with Crippen LogP contribution in [-0.4, -0.2) is 64.4 Å². The lowest BCUT2D eigenvalue weighted by atomic mass is 10.0. The Morgan fingerprint density at radius 2 is 1.81 bits per heavy atom. The molecule has 0 radical (unpaired) electrons. The molecule has 218 valence electrons. The van der Waals surface area contributed by atoms with Gasteiger partial charge in [-0.1, -0.05) is 30.0 Å². The van der Waals surface area contributed by atoms with E-state index in [0.717, 1.165) is 21.9 Å². The second-order valence-corrected chi connectivity index (χ2v) is 11.1.